The first-order chi connectivity index (χ1) is 16.4. The summed E-state index contributed by atoms with van der Waals surface area (Å²) in [5.41, 5.74) is 5.07. The average Bonchev–Trinajstić information content (AvgIpc) is 2.75. The molecule has 0 saturated carbocycles. The molecular weight excluding hydrogens is 484 g/mol. The van der Waals surface area contributed by atoms with Crippen molar-refractivity contribution in [3.05, 3.63) is 41.3 Å². The standard InChI is InChI=1S/C21H21F6N5O3/c1-11-30-14-8-15(33-2)16(35-4-3-34-10-20(22,23)24)7-13(14)19(31-11)29-9-12-5-17(21(25,26)27)32-18(28)6-12/h5-8H,3-4,9-10H2,1-2H3,(H2,28,32)(H,29,30,31). The van der Waals surface area contributed by atoms with Gasteiger partial charge in [0.2, 0.25) is 0 Å². The van der Waals surface area contributed by atoms with E-state index in [0.717, 1.165) is 6.07 Å². The maximum absolute atomic E-state index is 13.0. The number of nitrogen functional groups attached to an aromatic ring is 1. The molecule has 190 valence electrons. The maximum atomic E-state index is 13.0. The molecular formula is C21H21F6N5O3. The van der Waals surface area contributed by atoms with Crippen LogP contribution in [0.4, 0.5) is 38.0 Å². The smallest absolute Gasteiger partial charge is 0.433 e. The number of rotatable bonds is 9. The number of methoxy groups -OCH3 is 1. The van der Waals surface area contributed by atoms with E-state index >= 15 is 0 Å². The SMILES string of the molecule is COc1cc2nc(C)nc(NCc3cc(N)nc(C(F)(F)F)c3)c2cc1OCCOCC(F)(F)F. The molecule has 0 aliphatic rings. The summed E-state index contributed by atoms with van der Waals surface area (Å²) in [5.74, 6) is 0.847. The third-order valence-corrected chi connectivity index (χ3v) is 4.50. The van der Waals surface area contributed by atoms with Gasteiger partial charge in [-0.15, -0.1) is 0 Å². The Labute approximate surface area is 195 Å². The second kappa shape index (κ2) is 10.4. The van der Waals surface area contributed by atoms with Gasteiger partial charge in [-0.3, -0.25) is 0 Å². The highest BCUT2D eigenvalue weighted by Gasteiger charge is 2.33. The molecule has 3 aromatic rings. The Morgan fingerprint density at radius 2 is 1.69 bits per heavy atom. The number of alkyl halides is 6. The second-order valence-electron chi connectivity index (χ2n) is 7.29. The van der Waals surface area contributed by atoms with E-state index in [1.54, 1.807) is 13.0 Å². The Morgan fingerprint density at radius 1 is 0.943 bits per heavy atom. The van der Waals surface area contributed by atoms with E-state index in [1.165, 1.54) is 19.2 Å². The Kier molecular flexibility index (Phi) is 7.73. The molecule has 0 amide bonds. The zero-order valence-electron chi connectivity index (χ0n) is 18.5. The van der Waals surface area contributed by atoms with Crippen LogP contribution in [-0.4, -0.2) is 48.1 Å². The molecule has 0 fully saturated rings. The molecule has 0 aliphatic heterocycles. The predicted molar refractivity (Wildman–Crippen MR) is 114 cm³/mol. The molecule has 2 heterocycles. The van der Waals surface area contributed by atoms with Crippen LogP contribution >= 0.6 is 0 Å². The van der Waals surface area contributed by atoms with E-state index in [0.29, 0.717) is 16.7 Å². The van der Waals surface area contributed by atoms with Crippen molar-refractivity contribution in [2.75, 3.05) is 38.0 Å². The highest BCUT2D eigenvalue weighted by Crippen LogP contribution is 2.35. The number of fused-ring (bicyclic) bond motifs is 1. The summed E-state index contributed by atoms with van der Waals surface area (Å²) in [6.07, 6.45) is -9.11. The van der Waals surface area contributed by atoms with Gasteiger partial charge in [-0.2, -0.15) is 26.3 Å². The molecule has 0 unspecified atom stereocenters. The van der Waals surface area contributed by atoms with Crippen LogP contribution in [0.25, 0.3) is 10.9 Å². The van der Waals surface area contributed by atoms with Crippen LogP contribution in [0.1, 0.15) is 17.1 Å². The Bertz CT molecular complexity index is 1190. The van der Waals surface area contributed by atoms with Gasteiger partial charge in [0.1, 0.15) is 36.4 Å². The molecule has 35 heavy (non-hydrogen) atoms. The van der Waals surface area contributed by atoms with Crippen LogP contribution in [-0.2, 0) is 17.5 Å². The maximum Gasteiger partial charge on any atom is 0.433 e. The second-order valence-corrected chi connectivity index (χ2v) is 7.29. The van der Waals surface area contributed by atoms with Gasteiger partial charge in [0.15, 0.2) is 11.5 Å². The minimum absolute atomic E-state index is 0.0607. The number of aryl methyl sites for hydroxylation is 1. The van der Waals surface area contributed by atoms with E-state index in [1.807, 2.05) is 0 Å². The van der Waals surface area contributed by atoms with Crippen LogP contribution in [0, 0.1) is 6.92 Å². The zero-order valence-corrected chi connectivity index (χ0v) is 18.5. The van der Waals surface area contributed by atoms with Crippen LogP contribution in [0.15, 0.2) is 24.3 Å². The van der Waals surface area contributed by atoms with Gasteiger partial charge in [-0.05, 0) is 30.7 Å². The van der Waals surface area contributed by atoms with Gasteiger partial charge < -0.3 is 25.3 Å². The number of hydrogen-bond acceptors (Lipinski definition) is 8. The Hall–Kier alpha value is -3.55. The monoisotopic (exact) mass is 505 g/mol. The molecule has 3 N–H and O–H groups in total. The molecule has 14 heteroatoms. The van der Waals surface area contributed by atoms with Crippen molar-refractivity contribution in [3.63, 3.8) is 0 Å². The predicted octanol–water partition coefficient (Wildman–Crippen LogP) is 4.51. The first kappa shape index (κ1) is 26.1. The fraction of sp³-hybridized carbons (Fsp3) is 0.381. The lowest BCUT2D eigenvalue weighted by molar-refractivity contribution is -0.175. The van der Waals surface area contributed by atoms with Crippen molar-refractivity contribution >= 4 is 22.5 Å². The van der Waals surface area contributed by atoms with Crippen LogP contribution in [0.5, 0.6) is 11.5 Å². The van der Waals surface area contributed by atoms with Crippen molar-refractivity contribution < 1.29 is 40.6 Å². The number of nitrogens with one attached hydrogen (secondary N) is 1. The molecule has 0 atom stereocenters. The molecule has 0 radical (unpaired) electrons. The lowest BCUT2D eigenvalue weighted by Crippen LogP contribution is -2.19. The summed E-state index contributed by atoms with van der Waals surface area (Å²) in [6.45, 7) is -0.340. The molecule has 3 rings (SSSR count). The molecule has 2 aromatic heterocycles. The van der Waals surface area contributed by atoms with Crippen LogP contribution in [0.2, 0.25) is 0 Å². The van der Waals surface area contributed by atoms with Gasteiger partial charge in [0.25, 0.3) is 0 Å². The molecule has 0 saturated heterocycles. The summed E-state index contributed by atoms with van der Waals surface area (Å²) in [6, 6.07) is 5.24. The third kappa shape index (κ3) is 7.21. The summed E-state index contributed by atoms with van der Waals surface area (Å²) in [4.78, 5) is 11.9. The molecule has 0 aliphatic carbocycles. The van der Waals surface area contributed by atoms with Gasteiger partial charge in [-0.25, -0.2) is 15.0 Å². The number of benzene rings is 1. The zero-order chi connectivity index (χ0) is 25.8. The van der Waals surface area contributed by atoms with Crippen molar-refractivity contribution in [2.24, 2.45) is 0 Å². The number of hydrogen-bond donors (Lipinski definition) is 2. The topological polar surface area (TPSA) is 104 Å². The largest absolute Gasteiger partial charge is 0.493 e. The number of ether oxygens (including phenoxy) is 3. The minimum Gasteiger partial charge on any atom is -0.493 e. The third-order valence-electron chi connectivity index (χ3n) is 4.50. The number of nitrogens with zero attached hydrogens (tertiary/aromatic N) is 3. The normalized spacial score (nSPS) is 12.1. The number of anilines is 2. The molecule has 0 spiro atoms. The summed E-state index contributed by atoms with van der Waals surface area (Å²) in [5, 5.41) is 3.41. The quantitative estimate of drug-likeness (QED) is 0.323. The average molecular weight is 505 g/mol. The van der Waals surface area contributed by atoms with E-state index in [9.17, 15) is 26.3 Å². The summed E-state index contributed by atoms with van der Waals surface area (Å²) < 4.78 is 91.1. The number of aromatic nitrogens is 3. The van der Waals surface area contributed by atoms with Gasteiger partial charge in [0, 0.05) is 18.0 Å². The lowest BCUT2D eigenvalue weighted by atomic mass is 10.2. The van der Waals surface area contributed by atoms with Crippen molar-refractivity contribution in [1.29, 1.82) is 0 Å². The van der Waals surface area contributed by atoms with Gasteiger partial charge >= 0.3 is 12.4 Å². The molecule has 0 bridgehead atoms. The Morgan fingerprint density at radius 3 is 2.34 bits per heavy atom. The van der Waals surface area contributed by atoms with Crippen molar-refractivity contribution in [3.8, 4) is 11.5 Å². The Balaban J connectivity index is 1.83. The first-order valence-electron chi connectivity index (χ1n) is 10.1. The first-order valence-corrected chi connectivity index (χ1v) is 10.1. The fourth-order valence-electron chi connectivity index (χ4n) is 3.10. The fourth-order valence-corrected chi connectivity index (χ4v) is 3.10. The highest BCUT2D eigenvalue weighted by molar-refractivity contribution is 5.91. The number of halogens is 6. The van der Waals surface area contributed by atoms with Crippen LogP contribution in [0.3, 0.4) is 0 Å². The van der Waals surface area contributed by atoms with Crippen LogP contribution < -0.4 is 20.5 Å². The summed E-state index contributed by atoms with van der Waals surface area (Å²) in [7, 11) is 1.38. The van der Waals surface area contributed by atoms with E-state index in [-0.39, 0.29) is 48.5 Å². The minimum atomic E-state index is -4.66. The van der Waals surface area contributed by atoms with Gasteiger partial charge in [-0.1, -0.05) is 0 Å². The number of pyridine rings is 1. The molecule has 8 nitrogen and oxygen atoms in total. The van der Waals surface area contributed by atoms with Crippen molar-refractivity contribution in [2.45, 2.75) is 25.8 Å². The number of nitrogens with two attached hydrogens (primary N) is 1. The van der Waals surface area contributed by atoms with E-state index in [4.69, 9.17) is 15.2 Å². The molecule has 1 aromatic carbocycles. The lowest BCUT2D eigenvalue weighted by Gasteiger charge is -2.15. The van der Waals surface area contributed by atoms with Crippen molar-refractivity contribution in [1.82, 2.24) is 15.0 Å². The highest BCUT2D eigenvalue weighted by atomic mass is 19.4. The van der Waals surface area contributed by atoms with E-state index < -0.39 is 24.7 Å². The van der Waals surface area contributed by atoms with Gasteiger partial charge in [0.05, 0.1) is 19.2 Å². The van der Waals surface area contributed by atoms with E-state index in [2.05, 4.69) is 25.0 Å². The summed E-state index contributed by atoms with van der Waals surface area (Å²) >= 11 is 0.